The third-order valence-corrected chi connectivity index (χ3v) is 3.61. The molecule has 1 aliphatic carbocycles. The second-order valence-electron chi connectivity index (χ2n) is 4.38. The van der Waals surface area contributed by atoms with Gasteiger partial charge in [0.25, 0.3) is 0 Å². The SMILES string of the molecule is NCC1CC2CCCCC2CN1. The molecule has 70 valence electrons. The quantitative estimate of drug-likeness (QED) is 0.615. The minimum Gasteiger partial charge on any atom is -0.329 e. The van der Waals surface area contributed by atoms with Gasteiger partial charge in [-0.25, -0.2) is 0 Å². The van der Waals surface area contributed by atoms with Crippen LogP contribution >= 0.6 is 0 Å². The highest BCUT2D eigenvalue weighted by Gasteiger charge is 2.30. The predicted molar refractivity (Wildman–Crippen MR) is 50.9 cm³/mol. The van der Waals surface area contributed by atoms with Crippen LogP contribution in [0.4, 0.5) is 0 Å². The summed E-state index contributed by atoms with van der Waals surface area (Å²) in [5, 5.41) is 3.54. The van der Waals surface area contributed by atoms with E-state index in [9.17, 15) is 0 Å². The minimum atomic E-state index is 0.615. The van der Waals surface area contributed by atoms with Crippen molar-refractivity contribution in [3.05, 3.63) is 0 Å². The Morgan fingerprint density at radius 2 is 1.92 bits per heavy atom. The molecular formula is C10H20N2. The molecule has 12 heavy (non-hydrogen) atoms. The van der Waals surface area contributed by atoms with Crippen molar-refractivity contribution in [3.63, 3.8) is 0 Å². The lowest BCUT2D eigenvalue weighted by Gasteiger charge is -2.39. The van der Waals surface area contributed by atoms with Gasteiger partial charge < -0.3 is 11.1 Å². The maximum absolute atomic E-state index is 5.66. The van der Waals surface area contributed by atoms with E-state index in [0.717, 1.165) is 18.4 Å². The van der Waals surface area contributed by atoms with E-state index in [1.807, 2.05) is 0 Å². The Morgan fingerprint density at radius 1 is 1.17 bits per heavy atom. The van der Waals surface area contributed by atoms with Gasteiger partial charge in [-0.1, -0.05) is 19.3 Å². The van der Waals surface area contributed by atoms with Crippen molar-refractivity contribution in [2.45, 2.75) is 38.1 Å². The average Bonchev–Trinajstić information content (AvgIpc) is 2.17. The van der Waals surface area contributed by atoms with Gasteiger partial charge in [-0.15, -0.1) is 0 Å². The molecule has 2 aliphatic rings. The first kappa shape index (κ1) is 8.52. The molecule has 3 N–H and O–H groups in total. The Morgan fingerprint density at radius 3 is 2.67 bits per heavy atom. The van der Waals surface area contributed by atoms with Crippen molar-refractivity contribution in [1.82, 2.24) is 5.32 Å². The summed E-state index contributed by atoms with van der Waals surface area (Å²) >= 11 is 0. The number of nitrogens with one attached hydrogen (secondary N) is 1. The van der Waals surface area contributed by atoms with Gasteiger partial charge in [0.05, 0.1) is 0 Å². The number of piperidine rings is 1. The zero-order valence-electron chi connectivity index (χ0n) is 7.76. The van der Waals surface area contributed by atoms with E-state index < -0.39 is 0 Å². The fraction of sp³-hybridized carbons (Fsp3) is 1.00. The number of hydrogen-bond donors (Lipinski definition) is 2. The second-order valence-corrected chi connectivity index (χ2v) is 4.38. The highest BCUT2D eigenvalue weighted by atomic mass is 15.0. The smallest absolute Gasteiger partial charge is 0.0193 e. The van der Waals surface area contributed by atoms with Crippen molar-refractivity contribution in [2.24, 2.45) is 17.6 Å². The first-order valence-electron chi connectivity index (χ1n) is 5.33. The Hall–Kier alpha value is -0.0800. The third-order valence-electron chi connectivity index (χ3n) is 3.61. The summed E-state index contributed by atoms with van der Waals surface area (Å²) in [6.45, 7) is 2.05. The lowest BCUT2D eigenvalue weighted by molar-refractivity contribution is 0.156. The van der Waals surface area contributed by atoms with Crippen molar-refractivity contribution in [3.8, 4) is 0 Å². The molecule has 1 saturated carbocycles. The first-order chi connectivity index (χ1) is 5.90. The number of rotatable bonds is 1. The Bertz CT molecular complexity index is 147. The molecule has 3 unspecified atom stereocenters. The summed E-state index contributed by atoms with van der Waals surface area (Å²) in [6.07, 6.45) is 7.16. The van der Waals surface area contributed by atoms with E-state index in [1.165, 1.54) is 38.6 Å². The molecule has 1 aliphatic heterocycles. The molecule has 0 spiro atoms. The predicted octanol–water partition coefficient (Wildman–Crippen LogP) is 1.11. The van der Waals surface area contributed by atoms with E-state index >= 15 is 0 Å². The fourth-order valence-electron chi connectivity index (χ4n) is 2.81. The lowest BCUT2D eigenvalue weighted by atomic mass is 9.74. The topological polar surface area (TPSA) is 38.0 Å². The van der Waals surface area contributed by atoms with Gasteiger partial charge >= 0.3 is 0 Å². The molecule has 2 rings (SSSR count). The van der Waals surface area contributed by atoms with Crippen LogP contribution in [0, 0.1) is 11.8 Å². The van der Waals surface area contributed by atoms with E-state index in [1.54, 1.807) is 0 Å². The molecule has 0 aromatic carbocycles. The highest BCUT2D eigenvalue weighted by Crippen LogP contribution is 2.34. The third kappa shape index (κ3) is 1.64. The summed E-state index contributed by atoms with van der Waals surface area (Å²) in [4.78, 5) is 0. The number of fused-ring (bicyclic) bond motifs is 1. The van der Waals surface area contributed by atoms with Crippen LogP contribution < -0.4 is 11.1 Å². The molecule has 2 fully saturated rings. The zero-order chi connectivity index (χ0) is 8.39. The maximum atomic E-state index is 5.66. The molecule has 2 nitrogen and oxygen atoms in total. The molecule has 0 bridgehead atoms. The van der Waals surface area contributed by atoms with Crippen LogP contribution in [-0.4, -0.2) is 19.1 Å². The maximum Gasteiger partial charge on any atom is 0.0193 e. The van der Waals surface area contributed by atoms with Crippen LogP contribution in [0.25, 0.3) is 0 Å². The van der Waals surface area contributed by atoms with Gasteiger partial charge in [0.15, 0.2) is 0 Å². The van der Waals surface area contributed by atoms with Crippen molar-refractivity contribution in [2.75, 3.05) is 13.1 Å². The minimum absolute atomic E-state index is 0.615. The monoisotopic (exact) mass is 168 g/mol. The Labute approximate surface area is 74.9 Å². The zero-order valence-corrected chi connectivity index (χ0v) is 7.76. The van der Waals surface area contributed by atoms with Crippen LogP contribution in [0.5, 0.6) is 0 Å². The number of hydrogen-bond acceptors (Lipinski definition) is 2. The summed E-state index contributed by atoms with van der Waals surface area (Å²) in [6, 6.07) is 0.615. The fourth-order valence-corrected chi connectivity index (χ4v) is 2.81. The normalized spacial score (nSPS) is 42.2. The Kier molecular flexibility index (Phi) is 2.66. The molecule has 0 amide bonds. The average molecular weight is 168 g/mol. The van der Waals surface area contributed by atoms with Gasteiger partial charge in [0.1, 0.15) is 0 Å². The van der Waals surface area contributed by atoms with Crippen LogP contribution in [-0.2, 0) is 0 Å². The molecular weight excluding hydrogens is 148 g/mol. The van der Waals surface area contributed by atoms with Crippen molar-refractivity contribution >= 4 is 0 Å². The van der Waals surface area contributed by atoms with Gasteiger partial charge in [-0.2, -0.15) is 0 Å². The van der Waals surface area contributed by atoms with Gasteiger partial charge in [0, 0.05) is 12.6 Å². The summed E-state index contributed by atoms with van der Waals surface area (Å²) in [7, 11) is 0. The van der Waals surface area contributed by atoms with E-state index in [2.05, 4.69) is 5.32 Å². The van der Waals surface area contributed by atoms with E-state index in [-0.39, 0.29) is 0 Å². The largest absolute Gasteiger partial charge is 0.329 e. The summed E-state index contributed by atoms with van der Waals surface area (Å²) in [5.74, 6) is 1.97. The highest BCUT2D eigenvalue weighted by molar-refractivity contribution is 4.87. The van der Waals surface area contributed by atoms with E-state index in [0.29, 0.717) is 6.04 Å². The van der Waals surface area contributed by atoms with Gasteiger partial charge in [0.2, 0.25) is 0 Å². The van der Waals surface area contributed by atoms with E-state index in [4.69, 9.17) is 5.73 Å². The molecule has 0 radical (unpaired) electrons. The van der Waals surface area contributed by atoms with Crippen LogP contribution in [0.3, 0.4) is 0 Å². The second kappa shape index (κ2) is 3.75. The lowest BCUT2D eigenvalue weighted by Crippen LogP contribution is -2.48. The van der Waals surface area contributed by atoms with Crippen LogP contribution in [0.1, 0.15) is 32.1 Å². The first-order valence-corrected chi connectivity index (χ1v) is 5.33. The molecule has 2 heteroatoms. The van der Waals surface area contributed by atoms with Crippen LogP contribution in [0.2, 0.25) is 0 Å². The Balaban J connectivity index is 1.90. The molecule has 1 saturated heterocycles. The summed E-state index contributed by atoms with van der Waals surface area (Å²) < 4.78 is 0. The van der Waals surface area contributed by atoms with Gasteiger partial charge in [-0.05, 0) is 31.2 Å². The molecule has 0 aromatic heterocycles. The van der Waals surface area contributed by atoms with Crippen molar-refractivity contribution < 1.29 is 0 Å². The van der Waals surface area contributed by atoms with Crippen molar-refractivity contribution in [1.29, 1.82) is 0 Å². The van der Waals surface area contributed by atoms with Gasteiger partial charge in [-0.3, -0.25) is 0 Å². The summed E-state index contributed by atoms with van der Waals surface area (Å²) in [5.41, 5.74) is 5.66. The molecule has 0 aromatic rings. The molecule has 1 heterocycles. The molecule has 3 atom stereocenters. The van der Waals surface area contributed by atoms with Crippen LogP contribution in [0.15, 0.2) is 0 Å². The standard InChI is InChI=1S/C10H20N2/c11-6-10-5-8-3-1-2-4-9(8)7-12-10/h8-10,12H,1-7,11H2. The number of nitrogens with two attached hydrogens (primary N) is 1.